The minimum absolute atomic E-state index is 0.0612. The van der Waals surface area contributed by atoms with Gasteiger partial charge in [0.2, 0.25) is 11.9 Å². The van der Waals surface area contributed by atoms with Gasteiger partial charge in [-0.05, 0) is 75.4 Å². The van der Waals surface area contributed by atoms with Crippen molar-refractivity contribution in [3.05, 3.63) is 77.1 Å². The molecule has 2 aromatic carbocycles. The summed E-state index contributed by atoms with van der Waals surface area (Å²) in [6.07, 6.45) is 0.216. The number of nitrogens with zero attached hydrogens (tertiary/aromatic N) is 4. The zero-order valence-electron chi connectivity index (χ0n) is 26.8. The monoisotopic (exact) mass is 677 g/mol. The molecule has 14 heteroatoms. The van der Waals surface area contributed by atoms with Gasteiger partial charge in [-0.25, -0.2) is 13.8 Å². The van der Waals surface area contributed by atoms with Gasteiger partial charge in [0, 0.05) is 56.2 Å². The largest absolute Gasteiger partial charge is 0.481 e. The number of carboxylic acids is 1. The SMILES string of the molecule is CC(C)(O)CCCN1C[C@@H](C(=O)Nc2nccn2Cc2ccc(C(F)(F)F)cc2N2CCC(C(=O)O)CC2)[C@H](c2ccc(F)cc2F)C1. The second-order valence-corrected chi connectivity index (χ2v) is 13.4. The van der Waals surface area contributed by atoms with Crippen molar-refractivity contribution in [1.82, 2.24) is 14.5 Å². The normalized spacial score (nSPS) is 19.5. The molecular formula is C34H40F5N5O4. The third-order valence-electron chi connectivity index (χ3n) is 9.25. The van der Waals surface area contributed by atoms with Gasteiger partial charge in [-0.2, -0.15) is 13.2 Å². The predicted molar refractivity (Wildman–Crippen MR) is 169 cm³/mol. The molecule has 0 saturated carbocycles. The van der Waals surface area contributed by atoms with Crippen LogP contribution in [0.15, 0.2) is 48.8 Å². The lowest BCUT2D eigenvalue weighted by molar-refractivity contribution is -0.142. The van der Waals surface area contributed by atoms with Gasteiger partial charge < -0.3 is 24.6 Å². The van der Waals surface area contributed by atoms with E-state index in [1.54, 1.807) is 29.5 Å². The number of likely N-dealkylation sites (tertiary alicyclic amines) is 1. The Hall–Kier alpha value is -4.04. The highest BCUT2D eigenvalue weighted by Crippen LogP contribution is 2.37. The summed E-state index contributed by atoms with van der Waals surface area (Å²) in [7, 11) is 0. The maximum Gasteiger partial charge on any atom is 0.416 e. The van der Waals surface area contributed by atoms with Gasteiger partial charge in [-0.1, -0.05) is 12.1 Å². The van der Waals surface area contributed by atoms with Crippen molar-refractivity contribution in [2.24, 2.45) is 11.8 Å². The number of hydrogen-bond donors (Lipinski definition) is 3. The first-order chi connectivity index (χ1) is 22.6. The molecule has 9 nitrogen and oxygen atoms in total. The Bertz CT molecular complexity index is 1610. The van der Waals surface area contributed by atoms with Crippen LogP contribution in [0.2, 0.25) is 0 Å². The van der Waals surface area contributed by atoms with Gasteiger partial charge in [0.15, 0.2) is 0 Å². The maximum absolute atomic E-state index is 15.0. The average Bonchev–Trinajstić information content (AvgIpc) is 3.63. The van der Waals surface area contributed by atoms with Crippen LogP contribution in [-0.2, 0) is 22.3 Å². The fraction of sp³-hybridized carbons (Fsp3) is 0.500. The summed E-state index contributed by atoms with van der Waals surface area (Å²) in [6.45, 7) is 5.21. The minimum Gasteiger partial charge on any atom is -0.481 e. The number of anilines is 2. The van der Waals surface area contributed by atoms with Crippen LogP contribution in [0.25, 0.3) is 0 Å². The van der Waals surface area contributed by atoms with Crippen molar-refractivity contribution in [2.45, 2.75) is 63.8 Å². The van der Waals surface area contributed by atoms with E-state index in [4.69, 9.17) is 0 Å². The average molecular weight is 678 g/mol. The van der Waals surface area contributed by atoms with Gasteiger partial charge >= 0.3 is 12.1 Å². The number of nitrogens with one attached hydrogen (secondary N) is 1. The number of aliphatic hydroxyl groups is 1. The van der Waals surface area contributed by atoms with Crippen LogP contribution in [0.1, 0.15) is 62.1 Å². The number of rotatable bonds is 11. The zero-order chi connectivity index (χ0) is 34.8. The van der Waals surface area contributed by atoms with E-state index in [0.29, 0.717) is 50.0 Å². The number of carbonyl (C=O) groups excluding carboxylic acids is 1. The number of aromatic nitrogens is 2. The van der Waals surface area contributed by atoms with Crippen molar-refractivity contribution in [1.29, 1.82) is 0 Å². The van der Waals surface area contributed by atoms with E-state index in [2.05, 4.69) is 10.3 Å². The van der Waals surface area contributed by atoms with Crippen LogP contribution in [0.4, 0.5) is 33.6 Å². The number of amides is 1. The van der Waals surface area contributed by atoms with Gasteiger partial charge in [-0.3, -0.25) is 14.9 Å². The molecular weight excluding hydrogens is 637 g/mol. The van der Waals surface area contributed by atoms with Crippen LogP contribution in [-0.4, -0.2) is 74.9 Å². The minimum atomic E-state index is -4.58. The Kier molecular flexibility index (Phi) is 10.4. The lowest BCUT2D eigenvalue weighted by atomic mass is 9.88. The summed E-state index contributed by atoms with van der Waals surface area (Å²) in [6, 6.07) is 6.73. The molecule has 0 unspecified atom stereocenters. The van der Waals surface area contributed by atoms with E-state index in [-0.39, 0.29) is 37.7 Å². The Morgan fingerprint density at radius 2 is 1.77 bits per heavy atom. The van der Waals surface area contributed by atoms with E-state index >= 15 is 0 Å². The first-order valence-corrected chi connectivity index (χ1v) is 16.0. The molecule has 3 aromatic rings. The molecule has 2 aliphatic rings. The summed E-state index contributed by atoms with van der Waals surface area (Å²) in [5, 5.41) is 22.3. The number of carbonyl (C=O) groups is 2. The molecule has 0 spiro atoms. The number of halogens is 5. The molecule has 2 fully saturated rings. The second-order valence-electron chi connectivity index (χ2n) is 13.4. The molecule has 0 radical (unpaired) electrons. The number of piperidine rings is 1. The molecule has 5 rings (SSSR count). The van der Waals surface area contributed by atoms with Crippen molar-refractivity contribution < 1.29 is 41.8 Å². The predicted octanol–water partition coefficient (Wildman–Crippen LogP) is 5.73. The van der Waals surface area contributed by atoms with Crippen LogP contribution < -0.4 is 10.2 Å². The van der Waals surface area contributed by atoms with Crippen molar-refractivity contribution in [2.75, 3.05) is 42.9 Å². The molecule has 48 heavy (non-hydrogen) atoms. The lowest BCUT2D eigenvalue weighted by Crippen LogP contribution is -2.37. The van der Waals surface area contributed by atoms with Gasteiger partial charge in [0.1, 0.15) is 11.6 Å². The van der Waals surface area contributed by atoms with Crippen molar-refractivity contribution in [3.8, 4) is 0 Å². The van der Waals surface area contributed by atoms with Crippen molar-refractivity contribution in [3.63, 3.8) is 0 Å². The Labute approximate surface area is 275 Å². The Morgan fingerprint density at radius 1 is 1.04 bits per heavy atom. The smallest absolute Gasteiger partial charge is 0.416 e. The number of aliphatic carboxylic acids is 1. The summed E-state index contributed by atoms with van der Waals surface area (Å²) >= 11 is 0. The van der Waals surface area contributed by atoms with Crippen LogP contribution in [0, 0.1) is 23.5 Å². The topological polar surface area (TPSA) is 111 Å². The van der Waals surface area contributed by atoms with E-state index < -0.39 is 58.6 Å². The van der Waals surface area contributed by atoms with Gasteiger partial charge in [0.05, 0.1) is 29.5 Å². The highest BCUT2D eigenvalue weighted by Gasteiger charge is 2.40. The zero-order valence-corrected chi connectivity index (χ0v) is 26.8. The number of carboxylic acid groups (broad SMARTS) is 1. The summed E-state index contributed by atoms with van der Waals surface area (Å²) in [5.74, 6) is -4.58. The highest BCUT2D eigenvalue weighted by atomic mass is 19.4. The standard InChI is InChI=1S/C34H40F5N5O4/c1-33(2,48)10-3-12-42-19-26(25-7-6-24(35)17-28(25)36)27(20-42)30(45)41-32-40-11-15-44(32)18-22-4-5-23(34(37,38)39)16-29(22)43-13-8-21(9-14-43)31(46)47/h4-7,11,15-17,21,26-27,48H,3,8-10,12-14,18-20H2,1-2H3,(H,46,47)(H,40,41,45)/t26-,27+/m0/s1. The van der Waals surface area contributed by atoms with E-state index in [0.717, 1.165) is 24.3 Å². The van der Waals surface area contributed by atoms with Crippen LogP contribution in [0.5, 0.6) is 0 Å². The molecule has 0 aliphatic carbocycles. The third-order valence-corrected chi connectivity index (χ3v) is 9.25. The number of imidazole rings is 1. The fourth-order valence-corrected chi connectivity index (χ4v) is 6.67. The summed E-state index contributed by atoms with van der Waals surface area (Å²) in [4.78, 5) is 33.3. The van der Waals surface area contributed by atoms with E-state index in [1.807, 2.05) is 4.90 Å². The van der Waals surface area contributed by atoms with Gasteiger partial charge in [0.25, 0.3) is 0 Å². The Morgan fingerprint density at radius 3 is 2.42 bits per heavy atom. The maximum atomic E-state index is 15.0. The Balaban J connectivity index is 1.36. The number of benzene rings is 2. The molecule has 1 amide bonds. The van der Waals surface area contributed by atoms with Crippen LogP contribution >= 0.6 is 0 Å². The molecule has 1 aromatic heterocycles. The van der Waals surface area contributed by atoms with E-state index in [9.17, 15) is 41.8 Å². The van der Waals surface area contributed by atoms with Gasteiger partial charge in [-0.15, -0.1) is 0 Å². The quantitative estimate of drug-likeness (QED) is 0.222. The lowest BCUT2D eigenvalue weighted by Gasteiger charge is -2.34. The summed E-state index contributed by atoms with van der Waals surface area (Å²) < 4.78 is 71.4. The molecule has 3 heterocycles. The second kappa shape index (κ2) is 14.2. The highest BCUT2D eigenvalue weighted by molar-refractivity contribution is 5.92. The van der Waals surface area contributed by atoms with Crippen molar-refractivity contribution >= 4 is 23.5 Å². The molecule has 2 aliphatic heterocycles. The molecule has 3 N–H and O–H groups in total. The molecule has 260 valence electrons. The molecule has 2 saturated heterocycles. The van der Waals surface area contributed by atoms with E-state index in [1.165, 1.54) is 18.3 Å². The number of hydrogen-bond acceptors (Lipinski definition) is 6. The fourth-order valence-electron chi connectivity index (χ4n) is 6.67. The first-order valence-electron chi connectivity index (χ1n) is 16.0. The molecule has 0 bridgehead atoms. The third kappa shape index (κ3) is 8.51. The van der Waals surface area contributed by atoms with Crippen LogP contribution in [0.3, 0.4) is 0 Å². The number of alkyl halides is 3. The first kappa shape index (κ1) is 35.3. The summed E-state index contributed by atoms with van der Waals surface area (Å²) in [5.41, 5.74) is -0.629. The molecule has 2 atom stereocenters.